The van der Waals surface area contributed by atoms with Crippen molar-refractivity contribution < 1.29 is 14.3 Å². The number of anilines is 1. The van der Waals surface area contributed by atoms with Crippen LogP contribution in [-0.4, -0.2) is 33.7 Å². The fraction of sp³-hybridized carbons (Fsp3) is 0.382. The molecule has 0 unspecified atom stereocenters. The van der Waals surface area contributed by atoms with Crippen molar-refractivity contribution in [2.24, 2.45) is 0 Å². The number of carbonyl (C=O) groups is 2. The second-order valence-corrected chi connectivity index (χ2v) is 11.4. The van der Waals surface area contributed by atoms with E-state index in [1.165, 1.54) is 0 Å². The van der Waals surface area contributed by atoms with Gasteiger partial charge >= 0.3 is 12.0 Å². The van der Waals surface area contributed by atoms with E-state index in [0.29, 0.717) is 18.7 Å². The van der Waals surface area contributed by atoms with Crippen LogP contribution in [0.15, 0.2) is 66.7 Å². The van der Waals surface area contributed by atoms with E-state index in [1.54, 1.807) is 0 Å². The summed E-state index contributed by atoms with van der Waals surface area (Å²) in [6.45, 7) is 11.2. The molecule has 41 heavy (non-hydrogen) atoms. The van der Waals surface area contributed by atoms with Gasteiger partial charge in [-0.25, -0.2) is 14.6 Å². The van der Waals surface area contributed by atoms with Crippen molar-refractivity contribution in [2.45, 2.75) is 78.9 Å². The maximum absolute atomic E-state index is 12.9. The van der Waals surface area contributed by atoms with Crippen molar-refractivity contribution in [3.8, 4) is 11.1 Å². The SMILES string of the molecule is CCCCNC(=O)Nc1ccc2nc(CCCC)n(Cc3ccc(-c4ccccc4C(=O)OC(C)(C)C)cc3)c2c1. The molecule has 1 aromatic heterocycles. The van der Waals surface area contributed by atoms with Gasteiger partial charge in [0, 0.05) is 25.2 Å². The first-order chi connectivity index (χ1) is 19.7. The number of ether oxygens (including phenoxy) is 1. The Morgan fingerprint density at radius 1 is 0.927 bits per heavy atom. The minimum absolute atomic E-state index is 0.197. The monoisotopic (exact) mass is 554 g/mol. The molecule has 0 bridgehead atoms. The molecular formula is C34H42N4O3. The molecule has 0 fully saturated rings. The number of imidazole rings is 1. The highest BCUT2D eigenvalue weighted by atomic mass is 16.6. The number of hydrogen-bond acceptors (Lipinski definition) is 4. The quantitative estimate of drug-likeness (QED) is 0.145. The third kappa shape index (κ3) is 7.97. The van der Waals surface area contributed by atoms with E-state index in [4.69, 9.17) is 9.72 Å². The van der Waals surface area contributed by atoms with Crippen LogP contribution in [0.5, 0.6) is 0 Å². The van der Waals surface area contributed by atoms with Gasteiger partial charge in [-0.3, -0.25) is 0 Å². The number of carbonyl (C=O) groups excluding carboxylic acids is 2. The van der Waals surface area contributed by atoms with Gasteiger partial charge in [0.2, 0.25) is 0 Å². The molecule has 3 aromatic carbocycles. The zero-order valence-corrected chi connectivity index (χ0v) is 24.9. The summed E-state index contributed by atoms with van der Waals surface area (Å²) in [4.78, 5) is 30.2. The molecule has 216 valence electrons. The van der Waals surface area contributed by atoms with Crippen molar-refractivity contribution in [3.05, 3.63) is 83.7 Å². The Bertz CT molecular complexity index is 1480. The summed E-state index contributed by atoms with van der Waals surface area (Å²) in [5.41, 5.74) is 5.55. The first-order valence-corrected chi connectivity index (χ1v) is 14.6. The topological polar surface area (TPSA) is 85.3 Å². The lowest BCUT2D eigenvalue weighted by atomic mass is 9.98. The van der Waals surface area contributed by atoms with Crippen molar-refractivity contribution in [3.63, 3.8) is 0 Å². The summed E-state index contributed by atoms with van der Waals surface area (Å²) in [6, 6.07) is 21.5. The zero-order valence-electron chi connectivity index (χ0n) is 24.9. The predicted molar refractivity (Wildman–Crippen MR) is 166 cm³/mol. The van der Waals surface area contributed by atoms with Crippen LogP contribution in [0.3, 0.4) is 0 Å². The maximum Gasteiger partial charge on any atom is 0.339 e. The summed E-state index contributed by atoms with van der Waals surface area (Å²) < 4.78 is 7.89. The lowest BCUT2D eigenvalue weighted by Gasteiger charge is -2.20. The second kappa shape index (κ2) is 13.5. The van der Waals surface area contributed by atoms with Crippen LogP contribution < -0.4 is 10.6 Å². The number of fused-ring (bicyclic) bond motifs is 1. The molecule has 0 atom stereocenters. The number of amides is 2. The average molecular weight is 555 g/mol. The maximum atomic E-state index is 12.9. The molecule has 2 N–H and O–H groups in total. The highest BCUT2D eigenvalue weighted by Crippen LogP contribution is 2.28. The lowest BCUT2D eigenvalue weighted by molar-refractivity contribution is 0.00704. The number of aryl methyl sites for hydroxylation is 1. The summed E-state index contributed by atoms with van der Waals surface area (Å²) >= 11 is 0. The number of aromatic nitrogens is 2. The van der Waals surface area contributed by atoms with Crippen LogP contribution in [0.1, 0.15) is 82.0 Å². The van der Waals surface area contributed by atoms with E-state index >= 15 is 0 Å². The van der Waals surface area contributed by atoms with E-state index in [2.05, 4.69) is 53.3 Å². The van der Waals surface area contributed by atoms with Crippen molar-refractivity contribution in [1.82, 2.24) is 14.9 Å². The Balaban J connectivity index is 1.60. The summed E-state index contributed by atoms with van der Waals surface area (Å²) in [6.07, 6.45) is 5.00. The van der Waals surface area contributed by atoms with Gasteiger partial charge in [-0.05, 0) is 74.6 Å². The standard InChI is InChI=1S/C34H42N4O3/c1-6-8-14-31-37-29-20-19-26(36-33(40)35-21-9-7-2)22-30(29)38(31)23-24-15-17-25(18-16-24)27-12-10-11-13-28(27)32(39)41-34(3,4)5/h10-13,15-20,22H,6-9,14,21,23H2,1-5H3,(H2,35,36,40). The number of urea groups is 1. The van der Waals surface area contributed by atoms with E-state index in [0.717, 1.165) is 71.3 Å². The molecule has 0 saturated carbocycles. The van der Waals surface area contributed by atoms with E-state index in [9.17, 15) is 9.59 Å². The van der Waals surface area contributed by atoms with Crippen LogP contribution in [0, 0.1) is 0 Å². The molecule has 0 spiro atoms. The Morgan fingerprint density at radius 2 is 1.66 bits per heavy atom. The number of benzene rings is 3. The van der Waals surface area contributed by atoms with E-state index in [-0.39, 0.29) is 12.0 Å². The Labute approximate surface area is 243 Å². The minimum atomic E-state index is -0.564. The number of esters is 1. The zero-order chi connectivity index (χ0) is 29.4. The molecule has 0 aliphatic rings. The van der Waals surface area contributed by atoms with Gasteiger partial charge in [-0.15, -0.1) is 0 Å². The van der Waals surface area contributed by atoms with Gasteiger partial charge < -0.3 is 19.9 Å². The van der Waals surface area contributed by atoms with Gasteiger partial charge in [0.15, 0.2) is 0 Å². The molecule has 0 aliphatic heterocycles. The molecule has 0 saturated heterocycles. The predicted octanol–water partition coefficient (Wildman–Crippen LogP) is 7.97. The average Bonchev–Trinajstić information content (AvgIpc) is 3.27. The summed E-state index contributed by atoms with van der Waals surface area (Å²) in [5, 5.41) is 5.87. The van der Waals surface area contributed by atoms with E-state index in [1.807, 2.05) is 63.2 Å². The Morgan fingerprint density at radius 3 is 2.37 bits per heavy atom. The van der Waals surface area contributed by atoms with Crippen LogP contribution in [0.4, 0.5) is 10.5 Å². The Hall–Kier alpha value is -4.13. The first-order valence-electron chi connectivity index (χ1n) is 14.6. The van der Waals surface area contributed by atoms with Crippen LogP contribution in [0.2, 0.25) is 0 Å². The fourth-order valence-corrected chi connectivity index (χ4v) is 4.72. The highest BCUT2D eigenvalue weighted by molar-refractivity contribution is 5.97. The third-order valence-electron chi connectivity index (χ3n) is 6.81. The van der Waals surface area contributed by atoms with Gasteiger partial charge in [-0.2, -0.15) is 0 Å². The van der Waals surface area contributed by atoms with E-state index < -0.39 is 5.60 Å². The molecule has 1 heterocycles. The summed E-state index contributed by atoms with van der Waals surface area (Å²) in [5.74, 6) is 0.705. The minimum Gasteiger partial charge on any atom is -0.456 e. The smallest absolute Gasteiger partial charge is 0.339 e. The number of unbranched alkanes of at least 4 members (excludes halogenated alkanes) is 2. The summed E-state index contributed by atoms with van der Waals surface area (Å²) in [7, 11) is 0. The molecule has 0 radical (unpaired) electrons. The van der Waals surface area contributed by atoms with Gasteiger partial charge in [0.25, 0.3) is 0 Å². The molecule has 4 aromatic rings. The van der Waals surface area contributed by atoms with Crippen molar-refractivity contribution >= 4 is 28.7 Å². The number of nitrogens with zero attached hydrogens (tertiary/aromatic N) is 2. The normalized spacial score (nSPS) is 11.4. The number of rotatable bonds is 11. The van der Waals surface area contributed by atoms with Crippen LogP contribution in [0.25, 0.3) is 22.2 Å². The van der Waals surface area contributed by atoms with Crippen LogP contribution in [-0.2, 0) is 17.7 Å². The van der Waals surface area contributed by atoms with Gasteiger partial charge in [0.05, 0.1) is 16.6 Å². The number of hydrogen-bond donors (Lipinski definition) is 2. The Kier molecular flexibility index (Phi) is 9.82. The lowest BCUT2D eigenvalue weighted by Crippen LogP contribution is -2.29. The second-order valence-electron chi connectivity index (χ2n) is 11.4. The van der Waals surface area contributed by atoms with Crippen molar-refractivity contribution in [1.29, 1.82) is 0 Å². The molecule has 2 amide bonds. The highest BCUT2D eigenvalue weighted by Gasteiger charge is 2.21. The molecule has 0 aliphatic carbocycles. The molecule has 4 rings (SSSR count). The van der Waals surface area contributed by atoms with Gasteiger partial charge in [-0.1, -0.05) is 69.2 Å². The number of nitrogens with one attached hydrogen (secondary N) is 2. The third-order valence-corrected chi connectivity index (χ3v) is 6.81. The fourth-order valence-electron chi connectivity index (χ4n) is 4.72. The molecule has 7 nitrogen and oxygen atoms in total. The largest absolute Gasteiger partial charge is 0.456 e. The van der Waals surface area contributed by atoms with Gasteiger partial charge in [0.1, 0.15) is 11.4 Å². The molecule has 7 heteroatoms. The first kappa shape index (κ1) is 29.8. The van der Waals surface area contributed by atoms with Crippen LogP contribution >= 0.6 is 0 Å². The molecular weight excluding hydrogens is 512 g/mol. The van der Waals surface area contributed by atoms with Crippen molar-refractivity contribution in [2.75, 3.05) is 11.9 Å².